The highest BCUT2D eigenvalue weighted by Gasteiger charge is 2.55. The summed E-state index contributed by atoms with van der Waals surface area (Å²) < 4.78 is 46.0. The van der Waals surface area contributed by atoms with E-state index in [2.05, 4.69) is 15.6 Å². The van der Waals surface area contributed by atoms with Crippen molar-refractivity contribution < 1.29 is 27.5 Å². The summed E-state index contributed by atoms with van der Waals surface area (Å²) in [5.41, 5.74) is 0.389. The zero-order valence-electron chi connectivity index (χ0n) is 19.7. The fourth-order valence-electron chi connectivity index (χ4n) is 6.61. The average molecular weight is 528 g/mol. The average Bonchev–Trinajstić information content (AvgIpc) is 3.32. The van der Waals surface area contributed by atoms with Gasteiger partial charge in [-0.15, -0.1) is 0 Å². The molecule has 4 aliphatic rings. The van der Waals surface area contributed by atoms with Gasteiger partial charge in [-0.1, -0.05) is 23.5 Å². The predicted octanol–water partition coefficient (Wildman–Crippen LogP) is 6.99. The molecule has 0 radical (unpaired) electrons. The molecule has 1 aromatic heterocycles. The van der Waals surface area contributed by atoms with Crippen LogP contribution in [0.5, 0.6) is 5.19 Å². The van der Waals surface area contributed by atoms with Gasteiger partial charge in [-0.25, -0.2) is 22.9 Å². The van der Waals surface area contributed by atoms with Crippen LogP contribution < -0.4 is 15.4 Å². The fourth-order valence-corrected chi connectivity index (χ4v) is 7.38. The number of urea groups is 1. The van der Waals surface area contributed by atoms with Crippen LogP contribution in [0.25, 0.3) is 10.4 Å². The molecular weight excluding hydrogens is 503 g/mol. The molecular formula is C27H24F3N3O3S. The standard InChI is InChI=1S/C27H24F3N3O3S/c28-19-5-6-20(23(30)22(19)29)33-25(35)32-18-3-1-17(2-4-18)21-13-31-26(37-21)36-24(34)27-10-14-7-15(11-27)9-16(8-14)12-27/h1-6,13-16H,7-12H2,(H2,32,33,35). The van der Waals surface area contributed by atoms with Gasteiger partial charge in [0.15, 0.2) is 17.5 Å². The summed E-state index contributed by atoms with van der Waals surface area (Å²) in [5.74, 6) is -2.67. The molecule has 0 unspecified atom stereocenters. The Bertz CT molecular complexity index is 1340. The molecule has 2 N–H and O–H groups in total. The van der Waals surface area contributed by atoms with Crippen molar-refractivity contribution >= 4 is 34.7 Å². The number of thiazole rings is 1. The van der Waals surface area contributed by atoms with Crippen LogP contribution in [0.3, 0.4) is 0 Å². The van der Waals surface area contributed by atoms with Gasteiger partial charge in [0.05, 0.1) is 16.0 Å². The van der Waals surface area contributed by atoms with E-state index in [-0.39, 0.29) is 11.4 Å². The second-order valence-electron chi connectivity index (χ2n) is 10.5. The van der Waals surface area contributed by atoms with E-state index < -0.39 is 29.2 Å². The van der Waals surface area contributed by atoms with Crippen molar-refractivity contribution in [2.24, 2.45) is 23.2 Å². The van der Waals surface area contributed by atoms with Gasteiger partial charge in [-0.3, -0.25) is 4.79 Å². The molecule has 0 aliphatic heterocycles. The number of hydrogen-bond donors (Lipinski definition) is 2. The fraction of sp³-hybridized carbons (Fsp3) is 0.370. The molecule has 0 saturated heterocycles. The number of esters is 1. The van der Waals surface area contributed by atoms with Gasteiger partial charge in [0.25, 0.3) is 5.19 Å². The molecule has 1 heterocycles. The smallest absolute Gasteiger partial charge is 0.323 e. The van der Waals surface area contributed by atoms with Crippen molar-refractivity contribution in [3.8, 4) is 15.6 Å². The number of rotatable bonds is 5. The third-order valence-corrected chi connectivity index (χ3v) is 8.77. The molecule has 37 heavy (non-hydrogen) atoms. The number of aromatic nitrogens is 1. The number of hydrogen-bond acceptors (Lipinski definition) is 5. The molecule has 0 spiro atoms. The first-order valence-corrected chi connectivity index (χ1v) is 13.1. The van der Waals surface area contributed by atoms with Gasteiger partial charge in [0.1, 0.15) is 0 Å². The molecule has 4 fully saturated rings. The first kappa shape index (κ1) is 24.0. The Morgan fingerprint density at radius 1 is 0.892 bits per heavy atom. The number of benzene rings is 2. The molecule has 3 aromatic rings. The summed E-state index contributed by atoms with van der Waals surface area (Å²) in [6.07, 6.45) is 8.20. The molecule has 2 aromatic carbocycles. The third-order valence-electron chi connectivity index (χ3n) is 7.85. The third kappa shape index (κ3) is 4.58. The number of halogens is 3. The Balaban J connectivity index is 1.08. The van der Waals surface area contributed by atoms with Crippen LogP contribution in [-0.2, 0) is 4.79 Å². The van der Waals surface area contributed by atoms with Gasteiger partial charge in [-0.05, 0) is 86.1 Å². The van der Waals surface area contributed by atoms with Crippen LogP contribution in [0.2, 0.25) is 0 Å². The lowest BCUT2D eigenvalue weighted by Crippen LogP contribution is -2.51. The number of carbonyl (C=O) groups is 2. The highest BCUT2D eigenvalue weighted by molar-refractivity contribution is 7.16. The number of carbonyl (C=O) groups excluding carboxylic acids is 2. The van der Waals surface area contributed by atoms with E-state index in [1.807, 2.05) is 0 Å². The van der Waals surface area contributed by atoms with Gasteiger partial charge in [-0.2, -0.15) is 0 Å². The molecule has 4 saturated carbocycles. The minimum atomic E-state index is -1.66. The van der Waals surface area contributed by atoms with Crippen LogP contribution in [0.15, 0.2) is 42.6 Å². The monoisotopic (exact) mass is 527 g/mol. The molecule has 7 rings (SSSR count). The van der Waals surface area contributed by atoms with E-state index in [0.29, 0.717) is 28.6 Å². The second kappa shape index (κ2) is 9.16. The number of anilines is 2. The summed E-state index contributed by atoms with van der Waals surface area (Å²) >= 11 is 1.28. The number of nitrogens with zero attached hydrogens (tertiary/aromatic N) is 1. The van der Waals surface area contributed by atoms with E-state index >= 15 is 0 Å². The van der Waals surface area contributed by atoms with Crippen LogP contribution >= 0.6 is 11.3 Å². The molecule has 4 bridgehead atoms. The van der Waals surface area contributed by atoms with Gasteiger partial charge in [0.2, 0.25) is 0 Å². The Labute approximate surface area is 215 Å². The normalized spacial score (nSPS) is 25.6. The van der Waals surface area contributed by atoms with Crippen LogP contribution in [0.1, 0.15) is 38.5 Å². The van der Waals surface area contributed by atoms with Gasteiger partial charge < -0.3 is 15.4 Å². The quantitative estimate of drug-likeness (QED) is 0.277. The van der Waals surface area contributed by atoms with Crippen molar-refractivity contribution in [2.45, 2.75) is 38.5 Å². The molecule has 4 aliphatic carbocycles. The summed E-state index contributed by atoms with van der Waals surface area (Å²) in [4.78, 5) is 30.4. The Hall–Kier alpha value is -3.40. The maximum atomic E-state index is 13.8. The summed E-state index contributed by atoms with van der Waals surface area (Å²) in [6.45, 7) is 0. The van der Waals surface area contributed by atoms with E-state index in [1.165, 1.54) is 30.6 Å². The topological polar surface area (TPSA) is 80.3 Å². The van der Waals surface area contributed by atoms with E-state index in [4.69, 9.17) is 4.74 Å². The zero-order chi connectivity index (χ0) is 25.7. The minimum absolute atomic E-state index is 0.143. The molecule has 0 atom stereocenters. The number of nitrogens with one attached hydrogen (secondary N) is 2. The predicted molar refractivity (Wildman–Crippen MR) is 133 cm³/mol. The maximum absolute atomic E-state index is 13.8. The lowest BCUT2D eigenvalue weighted by Gasteiger charge is -2.54. The summed E-state index contributed by atoms with van der Waals surface area (Å²) in [7, 11) is 0. The molecule has 10 heteroatoms. The van der Waals surface area contributed by atoms with Crippen LogP contribution in [-0.4, -0.2) is 17.0 Å². The van der Waals surface area contributed by atoms with Crippen molar-refractivity contribution in [1.29, 1.82) is 0 Å². The van der Waals surface area contributed by atoms with Crippen molar-refractivity contribution in [3.05, 3.63) is 60.0 Å². The molecule has 192 valence electrons. The summed E-state index contributed by atoms with van der Waals surface area (Å²) in [6, 6.07) is 7.64. The number of amides is 2. The van der Waals surface area contributed by atoms with Crippen LogP contribution in [0.4, 0.5) is 29.3 Å². The lowest BCUT2D eigenvalue weighted by atomic mass is 9.49. The highest BCUT2D eigenvalue weighted by atomic mass is 32.1. The highest BCUT2D eigenvalue weighted by Crippen LogP contribution is 2.60. The van der Waals surface area contributed by atoms with Crippen LogP contribution in [0, 0.1) is 40.6 Å². The lowest BCUT2D eigenvalue weighted by molar-refractivity contribution is -0.161. The van der Waals surface area contributed by atoms with Crippen molar-refractivity contribution in [2.75, 3.05) is 10.6 Å². The Morgan fingerprint density at radius 3 is 2.19 bits per heavy atom. The van der Waals surface area contributed by atoms with E-state index in [9.17, 15) is 22.8 Å². The van der Waals surface area contributed by atoms with Gasteiger partial charge in [0, 0.05) is 11.9 Å². The van der Waals surface area contributed by atoms with E-state index in [1.54, 1.807) is 30.5 Å². The van der Waals surface area contributed by atoms with E-state index in [0.717, 1.165) is 41.8 Å². The minimum Gasteiger partial charge on any atom is -0.397 e. The SMILES string of the molecule is O=C(Nc1ccc(-c2cnc(OC(=O)C34CC5CC(CC(C5)C3)C4)s2)cc1)Nc1ccc(F)c(F)c1F. The molecule has 2 amide bonds. The molecule has 6 nitrogen and oxygen atoms in total. The van der Waals surface area contributed by atoms with Crippen molar-refractivity contribution in [1.82, 2.24) is 4.98 Å². The first-order chi connectivity index (χ1) is 17.8. The maximum Gasteiger partial charge on any atom is 0.323 e. The van der Waals surface area contributed by atoms with Crippen molar-refractivity contribution in [3.63, 3.8) is 0 Å². The largest absolute Gasteiger partial charge is 0.397 e. The Morgan fingerprint density at radius 2 is 1.54 bits per heavy atom. The first-order valence-electron chi connectivity index (χ1n) is 12.3. The number of ether oxygens (including phenoxy) is 1. The second-order valence-corrected chi connectivity index (χ2v) is 11.5. The Kier molecular flexibility index (Phi) is 5.94. The summed E-state index contributed by atoms with van der Waals surface area (Å²) in [5, 5.41) is 4.99. The zero-order valence-corrected chi connectivity index (χ0v) is 20.5. The van der Waals surface area contributed by atoms with Gasteiger partial charge >= 0.3 is 12.0 Å².